The standard InChI is InChI=1S/C19H22N4O2/c1-12-15(20-13(2)24)9-6-10-16(12)21-19(25)18-11-17(22-23-18)14-7-4-3-5-8-14/h3-10,17-18,22-23H,11H2,1-2H3,(H,20,24)(H,21,25). The molecular formula is C19H22N4O2. The number of carbonyl (C=O) groups excluding carboxylic acids is 2. The number of hydrazine groups is 1. The molecule has 2 unspecified atom stereocenters. The average Bonchev–Trinajstić information content (AvgIpc) is 3.09. The number of hydrogen-bond acceptors (Lipinski definition) is 4. The second-order valence-electron chi connectivity index (χ2n) is 6.19. The minimum atomic E-state index is -0.325. The zero-order valence-corrected chi connectivity index (χ0v) is 14.3. The molecule has 1 fully saturated rings. The highest BCUT2D eigenvalue weighted by Gasteiger charge is 2.30. The maximum Gasteiger partial charge on any atom is 0.242 e. The molecule has 130 valence electrons. The highest BCUT2D eigenvalue weighted by Crippen LogP contribution is 2.25. The van der Waals surface area contributed by atoms with Crippen molar-refractivity contribution < 1.29 is 9.59 Å². The van der Waals surface area contributed by atoms with Crippen LogP contribution in [0.4, 0.5) is 11.4 Å². The Balaban J connectivity index is 1.66. The third kappa shape index (κ3) is 4.04. The zero-order chi connectivity index (χ0) is 17.8. The normalized spacial score (nSPS) is 19.4. The topological polar surface area (TPSA) is 82.3 Å². The number of nitrogens with one attached hydrogen (secondary N) is 4. The highest BCUT2D eigenvalue weighted by atomic mass is 16.2. The van der Waals surface area contributed by atoms with Crippen molar-refractivity contribution in [3.8, 4) is 0 Å². The Morgan fingerprint density at radius 3 is 2.32 bits per heavy atom. The summed E-state index contributed by atoms with van der Waals surface area (Å²) in [4.78, 5) is 23.8. The summed E-state index contributed by atoms with van der Waals surface area (Å²) in [6, 6.07) is 15.3. The molecule has 0 spiro atoms. The van der Waals surface area contributed by atoms with Crippen LogP contribution >= 0.6 is 0 Å². The van der Waals surface area contributed by atoms with Crippen LogP contribution in [-0.2, 0) is 9.59 Å². The largest absolute Gasteiger partial charge is 0.326 e. The summed E-state index contributed by atoms with van der Waals surface area (Å²) in [5, 5.41) is 5.71. The van der Waals surface area contributed by atoms with E-state index in [0.29, 0.717) is 17.8 Å². The molecule has 6 nitrogen and oxygen atoms in total. The van der Waals surface area contributed by atoms with Crippen LogP contribution in [0.25, 0.3) is 0 Å². The molecule has 1 heterocycles. The molecule has 6 heteroatoms. The van der Waals surface area contributed by atoms with Gasteiger partial charge in [0.15, 0.2) is 0 Å². The van der Waals surface area contributed by atoms with Gasteiger partial charge in [-0.15, -0.1) is 0 Å². The van der Waals surface area contributed by atoms with Crippen molar-refractivity contribution in [2.45, 2.75) is 32.4 Å². The van der Waals surface area contributed by atoms with E-state index < -0.39 is 0 Å². The summed E-state index contributed by atoms with van der Waals surface area (Å²) in [5.74, 6) is -0.243. The number of anilines is 2. The summed E-state index contributed by atoms with van der Waals surface area (Å²) in [6.07, 6.45) is 0.667. The third-order valence-electron chi connectivity index (χ3n) is 4.32. The van der Waals surface area contributed by atoms with E-state index in [2.05, 4.69) is 21.5 Å². The van der Waals surface area contributed by atoms with Crippen LogP contribution in [0, 0.1) is 6.92 Å². The maximum atomic E-state index is 12.6. The van der Waals surface area contributed by atoms with Gasteiger partial charge in [-0.2, -0.15) is 0 Å². The summed E-state index contributed by atoms with van der Waals surface area (Å²) < 4.78 is 0. The minimum Gasteiger partial charge on any atom is -0.326 e. The van der Waals surface area contributed by atoms with E-state index in [1.54, 1.807) is 6.07 Å². The molecule has 0 radical (unpaired) electrons. The fraction of sp³-hybridized carbons (Fsp3) is 0.263. The molecule has 4 N–H and O–H groups in total. The SMILES string of the molecule is CC(=O)Nc1cccc(NC(=O)C2CC(c3ccccc3)NN2)c1C. The monoisotopic (exact) mass is 338 g/mol. The van der Waals surface area contributed by atoms with Crippen LogP contribution < -0.4 is 21.5 Å². The van der Waals surface area contributed by atoms with Crippen LogP contribution in [0.2, 0.25) is 0 Å². The number of amides is 2. The van der Waals surface area contributed by atoms with Crippen LogP contribution in [0.15, 0.2) is 48.5 Å². The lowest BCUT2D eigenvalue weighted by molar-refractivity contribution is -0.118. The molecule has 3 rings (SSSR count). The van der Waals surface area contributed by atoms with Crippen molar-refractivity contribution in [2.75, 3.05) is 10.6 Å². The number of hydrogen-bond donors (Lipinski definition) is 4. The first-order chi connectivity index (χ1) is 12.0. The number of carbonyl (C=O) groups is 2. The molecular weight excluding hydrogens is 316 g/mol. The van der Waals surface area contributed by atoms with Crippen molar-refractivity contribution in [1.29, 1.82) is 0 Å². The Hall–Kier alpha value is -2.70. The van der Waals surface area contributed by atoms with Crippen LogP contribution in [0.1, 0.15) is 30.5 Å². The average molecular weight is 338 g/mol. The first-order valence-electron chi connectivity index (χ1n) is 8.28. The van der Waals surface area contributed by atoms with Gasteiger partial charge in [0, 0.05) is 24.3 Å². The van der Waals surface area contributed by atoms with Gasteiger partial charge in [0.05, 0.1) is 0 Å². The molecule has 0 aromatic heterocycles. The molecule has 2 amide bonds. The van der Waals surface area contributed by atoms with Gasteiger partial charge in [0.25, 0.3) is 0 Å². The van der Waals surface area contributed by atoms with E-state index in [9.17, 15) is 9.59 Å². The van der Waals surface area contributed by atoms with E-state index in [1.807, 2.05) is 49.4 Å². The smallest absolute Gasteiger partial charge is 0.242 e. The number of rotatable bonds is 4. The summed E-state index contributed by atoms with van der Waals surface area (Å²) in [6.45, 7) is 3.33. The summed E-state index contributed by atoms with van der Waals surface area (Å²) in [7, 11) is 0. The van der Waals surface area contributed by atoms with Crippen molar-refractivity contribution in [1.82, 2.24) is 10.9 Å². The Labute approximate surface area is 147 Å². The van der Waals surface area contributed by atoms with E-state index in [4.69, 9.17) is 0 Å². The van der Waals surface area contributed by atoms with Gasteiger partial charge in [-0.1, -0.05) is 36.4 Å². The lowest BCUT2D eigenvalue weighted by atomic mass is 10.0. The van der Waals surface area contributed by atoms with Gasteiger partial charge in [0.1, 0.15) is 6.04 Å². The maximum absolute atomic E-state index is 12.6. The zero-order valence-electron chi connectivity index (χ0n) is 14.3. The Morgan fingerprint density at radius 2 is 1.64 bits per heavy atom. The molecule has 2 aromatic carbocycles. The minimum absolute atomic E-state index is 0.101. The number of benzene rings is 2. The van der Waals surface area contributed by atoms with Gasteiger partial charge >= 0.3 is 0 Å². The van der Waals surface area contributed by atoms with Crippen molar-refractivity contribution >= 4 is 23.2 Å². The second kappa shape index (κ2) is 7.46. The van der Waals surface area contributed by atoms with Gasteiger partial charge in [-0.3, -0.25) is 9.59 Å². The summed E-state index contributed by atoms with van der Waals surface area (Å²) in [5.41, 5.74) is 9.61. The first kappa shape index (κ1) is 17.1. The predicted octanol–water partition coefficient (Wildman–Crippen LogP) is 2.50. The molecule has 1 aliphatic rings. The molecule has 0 aliphatic carbocycles. The van der Waals surface area contributed by atoms with Crippen LogP contribution in [0.5, 0.6) is 0 Å². The molecule has 0 saturated carbocycles. The van der Waals surface area contributed by atoms with Crippen LogP contribution in [0.3, 0.4) is 0 Å². The summed E-state index contributed by atoms with van der Waals surface area (Å²) >= 11 is 0. The van der Waals surface area contributed by atoms with E-state index in [0.717, 1.165) is 11.1 Å². The highest BCUT2D eigenvalue weighted by molar-refractivity contribution is 5.97. The van der Waals surface area contributed by atoms with Crippen molar-refractivity contribution in [2.24, 2.45) is 0 Å². The van der Waals surface area contributed by atoms with Gasteiger partial charge in [-0.05, 0) is 36.6 Å². The van der Waals surface area contributed by atoms with E-state index >= 15 is 0 Å². The Morgan fingerprint density at radius 1 is 0.960 bits per heavy atom. The second-order valence-corrected chi connectivity index (χ2v) is 6.19. The predicted molar refractivity (Wildman–Crippen MR) is 98.0 cm³/mol. The quantitative estimate of drug-likeness (QED) is 0.690. The van der Waals surface area contributed by atoms with Gasteiger partial charge < -0.3 is 10.6 Å². The molecule has 2 atom stereocenters. The van der Waals surface area contributed by atoms with Gasteiger partial charge in [0.2, 0.25) is 11.8 Å². The van der Waals surface area contributed by atoms with Crippen molar-refractivity contribution in [3.05, 3.63) is 59.7 Å². The fourth-order valence-corrected chi connectivity index (χ4v) is 2.95. The Kier molecular flexibility index (Phi) is 5.11. The lowest BCUT2D eigenvalue weighted by Crippen LogP contribution is -2.39. The molecule has 1 saturated heterocycles. The van der Waals surface area contributed by atoms with E-state index in [-0.39, 0.29) is 23.9 Å². The van der Waals surface area contributed by atoms with E-state index in [1.165, 1.54) is 6.92 Å². The first-order valence-corrected chi connectivity index (χ1v) is 8.28. The van der Waals surface area contributed by atoms with Gasteiger partial charge in [-0.25, -0.2) is 10.9 Å². The molecule has 1 aliphatic heterocycles. The molecule has 25 heavy (non-hydrogen) atoms. The Bertz CT molecular complexity index is 776. The molecule has 0 bridgehead atoms. The fourth-order valence-electron chi connectivity index (χ4n) is 2.95. The molecule has 2 aromatic rings. The lowest BCUT2D eigenvalue weighted by Gasteiger charge is -2.15. The van der Waals surface area contributed by atoms with Crippen LogP contribution in [-0.4, -0.2) is 17.9 Å². The van der Waals surface area contributed by atoms with Crippen molar-refractivity contribution in [3.63, 3.8) is 0 Å². The third-order valence-corrected chi connectivity index (χ3v) is 4.32.